The molecule has 0 spiro atoms. The summed E-state index contributed by atoms with van der Waals surface area (Å²) in [4.78, 5) is 0. The lowest BCUT2D eigenvalue weighted by Crippen LogP contribution is -2.25. The molecule has 0 aliphatic carbocycles. The molecule has 0 heterocycles. The van der Waals surface area contributed by atoms with Crippen LogP contribution in [0.15, 0.2) is 30.3 Å². The van der Waals surface area contributed by atoms with E-state index in [0.717, 1.165) is 6.42 Å². The van der Waals surface area contributed by atoms with E-state index in [2.05, 4.69) is 27.7 Å². The molecule has 3 nitrogen and oxygen atoms in total. The Morgan fingerprint density at radius 1 is 0.864 bits per heavy atom. The zero-order valence-corrected chi connectivity index (χ0v) is 15.3. The number of para-hydroxylation sites is 1. The third kappa shape index (κ3) is 6.82. The van der Waals surface area contributed by atoms with Gasteiger partial charge in [-0.15, -0.1) is 0 Å². The normalized spacial score (nSPS) is 16.3. The molecular weight excluding hydrogens is 296 g/mol. The van der Waals surface area contributed by atoms with Gasteiger partial charge in [-0.2, -0.15) is 8.42 Å². The minimum absolute atomic E-state index is 0.373. The van der Waals surface area contributed by atoms with Gasteiger partial charge in [0.15, 0.2) is 0 Å². The van der Waals surface area contributed by atoms with Crippen molar-refractivity contribution in [2.75, 3.05) is 0 Å². The number of hydrogen-bond acceptors (Lipinski definition) is 3. The second-order valence-corrected chi connectivity index (χ2v) is 8.97. The van der Waals surface area contributed by atoms with E-state index in [-0.39, 0.29) is 0 Å². The lowest BCUT2D eigenvalue weighted by atomic mass is 9.88. The summed E-state index contributed by atoms with van der Waals surface area (Å²) in [6.45, 7) is 10.6. The van der Waals surface area contributed by atoms with Gasteiger partial charge in [-0.3, -0.25) is 0 Å². The summed E-state index contributed by atoms with van der Waals surface area (Å²) in [6, 6.07) is 8.70. The lowest BCUT2D eigenvalue weighted by Gasteiger charge is -2.21. The summed E-state index contributed by atoms with van der Waals surface area (Å²) in [5, 5.41) is -0.492. The highest BCUT2D eigenvalue weighted by atomic mass is 32.2. The fourth-order valence-electron chi connectivity index (χ4n) is 3.06. The van der Waals surface area contributed by atoms with Crippen molar-refractivity contribution in [2.24, 2.45) is 17.8 Å². The Bertz CT molecular complexity index is 523. The van der Waals surface area contributed by atoms with Crippen molar-refractivity contribution in [3.8, 4) is 5.75 Å². The van der Waals surface area contributed by atoms with Crippen molar-refractivity contribution in [3.05, 3.63) is 30.3 Å². The maximum Gasteiger partial charge on any atom is 0.311 e. The van der Waals surface area contributed by atoms with E-state index in [1.165, 1.54) is 6.42 Å². The van der Waals surface area contributed by atoms with Gasteiger partial charge >= 0.3 is 10.1 Å². The van der Waals surface area contributed by atoms with E-state index >= 15 is 0 Å². The van der Waals surface area contributed by atoms with Gasteiger partial charge in [-0.05, 0) is 56.1 Å². The molecule has 0 radical (unpaired) electrons. The summed E-state index contributed by atoms with van der Waals surface area (Å²) in [6.07, 6.45) is 2.88. The molecule has 1 aromatic rings. The summed E-state index contributed by atoms with van der Waals surface area (Å²) < 4.78 is 29.8. The Balaban J connectivity index is 2.54. The first-order valence-electron chi connectivity index (χ1n) is 8.19. The molecule has 0 bridgehead atoms. The first-order valence-corrected chi connectivity index (χ1v) is 9.66. The standard InChI is InChI=1S/C18H30O3S/c1-14(2)11-15(3)12-16(4)13-17(5)22(19,20)21-18-9-7-6-8-10-18/h6-10,14-17H,11-13H2,1-5H3. The van der Waals surface area contributed by atoms with E-state index in [1.807, 2.05) is 6.07 Å². The van der Waals surface area contributed by atoms with Gasteiger partial charge in [0, 0.05) is 0 Å². The van der Waals surface area contributed by atoms with Crippen LogP contribution >= 0.6 is 0 Å². The maximum atomic E-state index is 12.3. The minimum Gasteiger partial charge on any atom is -0.382 e. The summed E-state index contributed by atoms with van der Waals surface area (Å²) in [5.41, 5.74) is 0. The van der Waals surface area contributed by atoms with Crippen molar-refractivity contribution in [1.29, 1.82) is 0 Å². The van der Waals surface area contributed by atoms with Gasteiger partial charge in [-0.1, -0.05) is 45.9 Å². The Labute approximate surface area is 136 Å². The summed E-state index contributed by atoms with van der Waals surface area (Å²) in [7, 11) is -3.57. The minimum atomic E-state index is -3.57. The molecule has 4 heteroatoms. The van der Waals surface area contributed by atoms with Crippen molar-refractivity contribution in [1.82, 2.24) is 0 Å². The van der Waals surface area contributed by atoms with Crippen LogP contribution in [0.4, 0.5) is 0 Å². The zero-order valence-electron chi connectivity index (χ0n) is 14.5. The first kappa shape index (κ1) is 19.0. The molecule has 1 aromatic carbocycles. The molecule has 0 saturated carbocycles. The third-order valence-corrected chi connectivity index (χ3v) is 5.46. The summed E-state index contributed by atoms with van der Waals surface area (Å²) in [5.74, 6) is 2.07. The van der Waals surface area contributed by atoms with Gasteiger partial charge < -0.3 is 4.18 Å². The molecule has 126 valence electrons. The SMILES string of the molecule is CC(C)CC(C)CC(C)CC(C)S(=O)(=O)Oc1ccccc1. The largest absolute Gasteiger partial charge is 0.382 e. The van der Waals surface area contributed by atoms with Crippen molar-refractivity contribution in [2.45, 2.75) is 59.1 Å². The Hall–Kier alpha value is -1.03. The van der Waals surface area contributed by atoms with E-state index in [4.69, 9.17) is 4.18 Å². The van der Waals surface area contributed by atoms with Crippen LogP contribution in [0.5, 0.6) is 5.75 Å². The molecule has 0 aliphatic heterocycles. The second-order valence-electron chi connectivity index (χ2n) is 7.01. The Morgan fingerprint density at radius 2 is 1.41 bits per heavy atom. The van der Waals surface area contributed by atoms with Crippen LogP contribution in [0.1, 0.15) is 53.9 Å². The molecule has 22 heavy (non-hydrogen) atoms. The Kier molecular flexibility index (Phi) is 7.40. The van der Waals surface area contributed by atoms with Crippen LogP contribution < -0.4 is 4.18 Å². The zero-order chi connectivity index (χ0) is 16.8. The summed E-state index contributed by atoms with van der Waals surface area (Å²) >= 11 is 0. The fraction of sp³-hybridized carbons (Fsp3) is 0.667. The molecule has 0 fully saturated rings. The number of hydrogen-bond donors (Lipinski definition) is 0. The van der Waals surface area contributed by atoms with Gasteiger partial charge in [-0.25, -0.2) is 0 Å². The number of benzene rings is 1. The van der Waals surface area contributed by atoms with E-state index in [9.17, 15) is 8.42 Å². The molecule has 1 rings (SSSR count). The molecule has 0 aromatic heterocycles. The average Bonchev–Trinajstić information content (AvgIpc) is 2.37. The predicted octanol–water partition coefficient (Wildman–Crippen LogP) is 4.88. The molecular formula is C18H30O3S. The average molecular weight is 327 g/mol. The van der Waals surface area contributed by atoms with Crippen molar-refractivity contribution >= 4 is 10.1 Å². The topological polar surface area (TPSA) is 43.4 Å². The fourth-order valence-corrected chi connectivity index (χ4v) is 4.17. The molecule has 0 aliphatic rings. The highest BCUT2D eigenvalue weighted by molar-refractivity contribution is 7.87. The van der Waals surface area contributed by atoms with E-state index in [0.29, 0.717) is 29.9 Å². The molecule has 3 unspecified atom stereocenters. The van der Waals surface area contributed by atoms with Crippen LogP contribution in [0.25, 0.3) is 0 Å². The molecule has 3 atom stereocenters. The highest BCUT2D eigenvalue weighted by Gasteiger charge is 2.25. The first-order chi connectivity index (χ1) is 10.2. The quantitative estimate of drug-likeness (QED) is 0.607. The Morgan fingerprint density at radius 3 is 1.95 bits per heavy atom. The van der Waals surface area contributed by atoms with Gasteiger partial charge in [0.05, 0.1) is 5.25 Å². The van der Waals surface area contributed by atoms with Crippen LogP contribution in [0, 0.1) is 17.8 Å². The molecule has 0 saturated heterocycles. The predicted molar refractivity (Wildman–Crippen MR) is 92.5 cm³/mol. The highest BCUT2D eigenvalue weighted by Crippen LogP contribution is 2.25. The smallest absolute Gasteiger partial charge is 0.311 e. The monoisotopic (exact) mass is 326 g/mol. The maximum absolute atomic E-state index is 12.3. The van der Waals surface area contributed by atoms with E-state index < -0.39 is 15.4 Å². The van der Waals surface area contributed by atoms with Crippen LogP contribution in [0.2, 0.25) is 0 Å². The molecule has 0 N–H and O–H groups in total. The van der Waals surface area contributed by atoms with Gasteiger partial charge in [0.25, 0.3) is 0 Å². The van der Waals surface area contributed by atoms with Crippen LogP contribution in [-0.4, -0.2) is 13.7 Å². The third-order valence-electron chi connectivity index (χ3n) is 3.86. The van der Waals surface area contributed by atoms with Crippen molar-refractivity contribution < 1.29 is 12.6 Å². The van der Waals surface area contributed by atoms with Crippen LogP contribution in [-0.2, 0) is 10.1 Å². The van der Waals surface area contributed by atoms with Gasteiger partial charge in [0.2, 0.25) is 0 Å². The van der Waals surface area contributed by atoms with Crippen molar-refractivity contribution in [3.63, 3.8) is 0 Å². The lowest BCUT2D eigenvalue weighted by molar-refractivity contribution is 0.338. The molecule has 0 amide bonds. The number of rotatable bonds is 9. The van der Waals surface area contributed by atoms with E-state index in [1.54, 1.807) is 31.2 Å². The van der Waals surface area contributed by atoms with Gasteiger partial charge in [0.1, 0.15) is 5.75 Å². The van der Waals surface area contributed by atoms with Crippen LogP contribution in [0.3, 0.4) is 0 Å². The second kappa shape index (κ2) is 8.56.